The maximum absolute atomic E-state index is 5.78. The zero-order chi connectivity index (χ0) is 14.0. The quantitative estimate of drug-likeness (QED) is 0.381. The molecule has 0 rings (SSSR count). The number of thiol groups is 1. The van der Waals surface area contributed by atoms with E-state index >= 15 is 0 Å². The molecule has 108 valence electrons. The van der Waals surface area contributed by atoms with Gasteiger partial charge in [0.15, 0.2) is 0 Å². The van der Waals surface area contributed by atoms with Crippen molar-refractivity contribution in [1.82, 2.24) is 4.90 Å². The number of thiocarbonyl (C=S) groups is 1. The Bertz CT molecular complexity index is 227. The first kappa shape index (κ1) is 18.3. The summed E-state index contributed by atoms with van der Waals surface area (Å²) < 4.78 is 17.9. The summed E-state index contributed by atoms with van der Waals surface area (Å²) in [5.41, 5.74) is 0. The van der Waals surface area contributed by atoms with E-state index < -0.39 is 8.80 Å². The first-order valence-corrected chi connectivity index (χ1v) is 9.16. The molecule has 0 amide bonds. The summed E-state index contributed by atoms with van der Waals surface area (Å²) in [5.74, 6) is 0. The van der Waals surface area contributed by atoms with Crippen LogP contribution in [0.2, 0.25) is 6.04 Å². The van der Waals surface area contributed by atoms with Crippen LogP contribution in [0.4, 0.5) is 0 Å². The molecule has 0 aromatic heterocycles. The van der Waals surface area contributed by atoms with Gasteiger partial charge in [0.2, 0.25) is 0 Å². The van der Waals surface area contributed by atoms with Crippen LogP contribution in [-0.4, -0.2) is 51.4 Å². The predicted octanol–water partition coefficient (Wildman–Crippen LogP) is 2.57. The normalized spacial score (nSPS) is 11.6. The highest BCUT2D eigenvalue weighted by atomic mass is 32.1. The molecule has 0 spiro atoms. The summed E-state index contributed by atoms with van der Waals surface area (Å²) in [6, 6.07) is 0.809. The molecule has 0 radical (unpaired) electrons. The van der Waals surface area contributed by atoms with Crippen molar-refractivity contribution >= 4 is 38.0 Å². The molecule has 0 aromatic carbocycles. The molecular weight excluding hydrogens is 286 g/mol. The molecule has 0 bridgehead atoms. The van der Waals surface area contributed by atoms with Gasteiger partial charge in [-0.05, 0) is 27.2 Å². The third kappa shape index (κ3) is 7.06. The number of hydrogen-bond acceptors (Lipinski definition) is 4. The second-order valence-corrected chi connectivity index (χ2v) is 7.63. The van der Waals surface area contributed by atoms with Gasteiger partial charge in [0.25, 0.3) is 0 Å². The minimum absolute atomic E-state index is 0.603. The first-order chi connectivity index (χ1) is 8.51. The Hall–Kier alpha value is 0.337. The van der Waals surface area contributed by atoms with Crippen LogP contribution in [0.5, 0.6) is 0 Å². The Balaban J connectivity index is 4.33. The van der Waals surface area contributed by atoms with Crippen molar-refractivity contribution < 1.29 is 13.3 Å². The second kappa shape index (κ2) is 10.2. The van der Waals surface area contributed by atoms with Gasteiger partial charge >= 0.3 is 8.80 Å². The summed E-state index contributed by atoms with van der Waals surface area (Å²) in [5, 5.41) is 0. The van der Waals surface area contributed by atoms with E-state index in [0.717, 1.165) is 19.0 Å². The lowest BCUT2D eigenvalue weighted by Crippen LogP contribution is -2.46. The van der Waals surface area contributed by atoms with Gasteiger partial charge in [0.05, 0.1) is 0 Å². The highest BCUT2D eigenvalue weighted by Gasteiger charge is 2.39. The fourth-order valence-corrected chi connectivity index (χ4v) is 4.41. The Morgan fingerprint density at radius 2 is 1.56 bits per heavy atom. The summed E-state index contributed by atoms with van der Waals surface area (Å²) >= 11 is 9.12. The lowest BCUT2D eigenvalue weighted by atomic mass is 10.5. The van der Waals surface area contributed by atoms with Crippen molar-refractivity contribution in [3.8, 4) is 0 Å². The Kier molecular flexibility index (Phi) is 10.4. The van der Waals surface area contributed by atoms with Gasteiger partial charge in [-0.2, -0.15) is 0 Å². The zero-order valence-electron chi connectivity index (χ0n) is 11.8. The van der Waals surface area contributed by atoms with Crippen LogP contribution < -0.4 is 0 Å². The van der Waals surface area contributed by atoms with Crippen LogP contribution in [-0.2, 0) is 13.3 Å². The van der Waals surface area contributed by atoms with E-state index in [2.05, 4.69) is 12.6 Å². The molecule has 0 aliphatic rings. The van der Waals surface area contributed by atoms with E-state index in [9.17, 15) is 0 Å². The van der Waals surface area contributed by atoms with E-state index in [-0.39, 0.29) is 0 Å². The van der Waals surface area contributed by atoms with Crippen molar-refractivity contribution in [2.45, 2.75) is 33.2 Å². The molecule has 0 heterocycles. The van der Waals surface area contributed by atoms with E-state index in [4.69, 9.17) is 25.5 Å². The molecule has 18 heavy (non-hydrogen) atoms. The van der Waals surface area contributed by atoms with Gasteiger partial charge in [0, 0.05) is 39.5 Å². The van der Waals surface area contributed by atoms with E-state index in [0.29, 0.717) is 24.1 Å². The molecule has 0 saturated carbocycles. The summed E-state index contributed by atoms with van der Waals surface area (Å²) in [7, 11) is -0.561. The molecule has 7 heteroatoms. The van der Waals surface area contributed by atoms with E-state index in [1.54, 1.807) is 0 Å². The summed E-state index contributed by atoms with van der Waals surface area (Å²) in [4.78, 5) is 1.93. The minimum Gasteiger partial charge on any atom is -0.374 e. The van der Waals surface area contributed by atoms with E-state index in [1.165, 1.54) is 0 Å². The second-order valence-electron chi connectivity index (χ2n) is 3.79. The smallest absolute Gasteiger partial charge is 0.374 e. The van der Waals surface area contributed by atoms with Crippen molar-refractivity contribution in [3.05, 3.63) is 0 Å². The first-order valence-electron chi connectivity index (χ1n) is 6.37. The summed E-state index contributed by atoms with van der Waals surface area (Å²) in [6.45, 7) is 8.59. The van der Waals surface area contributed by atoms with Crippen molar-refractivity contribution in [3.63, 3.8) is 0 Å². The molecule has 0 saturated heterocycles. The molecule has 0 N–H and O–H groups in total. The van der Waals surface area contributed by atoms with Gasteiger partial charge < -0.3 is 18.2 Å². The number of rotatable bonds is 10. The van der Waals surface area contributed by atoms with Crippen molar-refractivity contribution in [2.75, 3.05) is 33.4 Å². The number of hydrogen-bond donors (Lipinski definition) is 1. The van der Waals surface area contributed by atoms with E-state index in [1.807, 2.05) is 32.7 Å². The highest BCUT2D eigenvalue weighted by Crippen LogP contribution is 2.18. The third-order valence-corrected chi connectivity index (χ3v) is 6.20. The standard InChI is InChI=1S/C11H25NO3S2Si/c1-5-13-18(14-6-2,15-7-3)10-8-9-12(4)11(16)17/h5-10H2,1-4H3,(H,16,17). The highest BCUT2D eigenvalue weighted by molar-refractivity contribution is 8.10. The number of nitrogens with zero attached hydrogens (tertiary/aromatic N) is 1. The molecule has 0 unspecified atom stereocenters. The Labute approximate surface area is 123 Å². The Morgan fingerprint density at radius 3 is 1.89 bits per heavy atom. The van der Waals surface area contributed by atoms with Gasteiger partial charge in [0.1, 0.15) is 4.32 Å². The van der Waals surface area contributed by atoms with Gasteiger partial charge in [-0.3, -0.25) is 0 Å². The fourth-order valence-electron chi connectivity index (χ4n) is 1.63. The average molecular weight is 312 g/mol. The predicted molar refractivity (Wildman–Crippen MR) is 84.3 cm³/mol. The fraction of sp³-hybridized carbons (Fsp3) is 0.909. The molecule has 0 aliphatic carbocycles. The third-order valence-electron chi connectivity index (χ3n) is 2.40. The average Bonchev–Trinajstić information content (AvgIpc) is 2.29. The van der Waals surface area contributed by atoms with Gasteiger partial charge in [-0.25, -0.2) is 0 Å². The largest absolute Gasteiger partial charge is 0.500 e. The van der Waals surface area contributed by atoms with Crippen LogP contribution in [0.25, 0.3) is 0 Å². The lowest BCUT2D eigenvalue weighted by molar-refractivity contribution is 0.0705. The maximum atomic E-state index is 5.78. The van der Waals surface area contributed by atoms with Crippen LogP contribution in [0.15, 0.2) is 0 Å². The van der Waals surface area contributed by atoms with Crippen LogP contribution >= 0.6 is 24.8 Å². The molecule has 0 atom stereocenters. The topological polar surface area (TPSA) is 30.9 Å². The minimum atomic E-state index is -2.49. The van der Waals surface area contributed by atoms with Gasteiger partial charge in [-0.1, -0.05) is 12.2 Å². The Morgan fingerprint density at radius 1 is 1.11 bits per heavy atom. The SMILES string of the molecule is CCO[Si](CCCN(C)C(=S)S)(OCC)OCC. The monoisotopic (exact) mass is 311 g/mol. The molecule has 0 fully saturated rings. The summed E-state index contributed by atoms with van der Waals surface area (Å²) in [6.07, 6.45) is 0.920. The lowest BCUT2D eigenvalue weighted by Gasteiger charge is -2.29. The molecule has 4 nitrogen and oxygen atoms in total. The van der Waals surface area contributed by atoms with Crippen LogP contribution in [0.3, 0.4) is 0 Å². The zero-order valence-corrected chi connectivity index (χ0v) is 14.5. The van der Waals surface area contributed by atoms with Crippen LogP contribution in [0.1, 0.15) is 27.2 Å². The molecular formula is C11H25NO3S2Si. The van der Waals surface area contributed by atoms with Crippen molar-refractivity contribution in [1.29, 1.82) is 0 Å². The molecule has 0 aliphatic heterocycles. The van der Waals surface area contributed by atoms with Crippen LogP contribution in [0, 0.1) is 0 Å². The van der Waals surface area contributed by atoms with Crippen molar-refractivity contribution in [2.24, 2.45) is 0 Å². The maximum Gasteiger partial charge on any atom is 0.500 e. The molecule has 0 aromatic rings. The van der Waals surface area contributed by atoms with Gasteiger partial charge in [-0.15, -0.1) is 12.6 Å².